The first-order valence-corrected chi connectivity index (χ1v) is 8.68. The Morgan fingerprint density at radius 2 is 2.04 bits per heavy atom. The van der Waals surface area contributed by atoms with Gasteiger partial charge in [-0.25, -0.2) is 14.3 Å². The van der Waals surface area contributed by atoms with Crippen molar-refractivity contribution in [2.75, 3.05) is 33.3 Å². The summed E-state index contributed by atoms with van der Waals surface area (Å²) in [6.07, 6.45) is 0.630. The first-order valence-electron chi connectivity index (χ1n) is 7.18. The van der Waals surface area contributed by atoms with Gasteiger partial charge >= 0.3 is 5.97 Å². The van der Waals surface area contributed by atoms with Crippen LogP contribution in [-0.2, 0) is 21.5 Å². The van der Waals surface area contributed by atoms with Gasteiger partial charge in [-0.3, -0.25) is 4.90 Å². The van der Waals surface area contributed by atoms with Crippen molar-refractivity contribution < 1.29 is 22.3 Å². The Hall–Kier alpha value is -1.55. The number of methoxy groups -OCH3 is 1. The van der Waals surface area contributed by atoms with Crippen molar-refractivity contribution in [1.82, 2.24) is 9.21 Å². The van der Waals surface area contributed by atoms with Crippen LogP contribution in [0.1, 0.15) is 22.3 Å². The van der Waals surface area contributed by atoms with E-state index in [-0.39, 0.29) is 12.1 Å². The second-order valence-corrected chi connectivity index (χ2v) is 6.91. The lowest BCUT2D eigenvalue weighted by Gasteiger charge is -2.21. The number of benzene rings is 1. The van der Waals surface area contributed by atoms with Crippen molar-refractivity contribution in [3.63, 3.8) is 0 Å². The molecular formula is C14H20FN3O4S. The summed E-state index contributed by atoms with van der Waals surface area (Å²) in [5, 5.41) is 5.15. The molecule has 2 rings (SSSR count). The molecule has 0 unspecified atom stereocenters. The SMILES string of the molecule is COC(=O)c1cc(F)ccc1CN1CCCN(S(N)(=O)=O)CC1. The van der Waals surface area contributed by atoms with E-state index in [4.69, 9.17) is 5.14 Å². The van der Waals surface area contributed by atoms with E-state index in [0.29, 0.717) is 38.2 Å². The molecule has 7 nitrogen and oxygen atoms in total. The smallest absolute Gasteiger partial charge is 0.338 e. The summed E-state index contributed by atoms with van der Waals surface area (Å²) >= 11 is 0. The average molecular weight is 345 g/mol. The second kappa shape index (κ2) is 7.35. The lowest BCUT2D eigenvalue weighted by molar-refractivity contribution is 0.0597. The van der Waals surface area contributed by atoms with Crippen molar-refractivity contribution in [2.45, 2.75) is 13.0 Å². The van der Waals surface area contributed by atoms with Crippen molar-refractivity contribution in [1.29, 1.82) is 0 Å². The molecule has 23 heavy (non-hydrogen) atoms. The standard InChI is InChI=1S/C14H20FN3O4S/c1-22-14(19)13-9-12(15)4-3-11(13)10-17-5-2-6-18(8-7-17)23(16,20)21/h3-4,9H,2,5-8,10H2,1H3,(H2,16,20,21). The molecule has 1 heterocycles. The zero-order valence-corrected chi connectivity index (χ0v) is 13.7. The van der Waals surface area contributed by atoms with Gasteiger partial charge in [0.25, 0.3) is 10.2 Å². The van der Waals surface area contributed by atoms with Crippen LogP contribution in [0.3, 0.4) is 0 Å². The van der Waals surface area contributed by atoms with Crippen LogP contribution in [-0.4, -0.2) is 56.9 Å². The summed E-state index contributed by atoms with van der Waals surface area (Å²) in [5.41, 5.74) is 0.822. The quantitative estimate of drug-likeness (QED) is 0.794. The fraction of sp³-hybridized carbons (Fsp3) is 0.500. The lowest BCUT2D eigenvalue weighted by atomic mass is 10.1. The summed E-state index contributed by atoms with van der Waals surface area (Å²) < 4.78 is 42.1. The minimum absolute atomic E-state index is 0.181. The van der Waals surface area contributed by atoms with E-state index in [1.807, 2.05) is 4.90 Å². The maximum Gasteiger partial charge on any atom is 0.338 e. The van der Waals surface area contributed by atoms with E-state index in [1.54, 1.807) is 6.07 Å². The molecule has 128 valence electrons. The monoisotopic (exact) mass is 345 g/mol. The van der Waals surface area contributed by atoms with Crippen molar-refractivity contribution in [2.24, 2.45) is 5.14 Å². The largest absolute Gasteiger partial charge is 0.465 e. The molecule has 0 bridgehead atoms. The zero-order valence-electron chi connectivity index (χ0n) is 12.9. The molecule has 0 spiro atoms. The van der Waals surface area contributed by atoms with Gasteiger partial charge in [-0.05, 0) is 30.7 Å². The zero-order chi connectivity index (χ0) is 17.0. The van der Waals surface area contributed by atoms with Crippen molar-refractivity contribution in [3.8, 4) is 0 Å². The van der Waals surface area contributed by atoms with E-state index >= 15 is 0 Å². The van der Waals surface area contributed by atoms with E-state index < -0.39 is 22.0 Å². The molecule has 9 heteroatoms. The fourth-order valence-electron chi connectivity index (χ4n) is 2.59. The maximum atomic E-state index is 13.4. The first kappa shape index (κ1) is 17.8. The molecule has 1 aliphatic heterocycles. The molecule has 0 aromatic heterocycles. The number of carbonyl (C=O) groups excluding carboxylic acids is 1. The number of esters is 1. The van der Waals surface area contributed by atoms with E-state index in [1.165, 1.54) is 17.5 Å². The molecule has 0 amide bonds. The number of nitrogens with zero attached hydrogens (tertiary/aromatic N) is 2. The Morgan fingerprint density at radius 1 is 1.30 bits per heavy atom. The van der Waals surface area contributed by atoms with Crippen molar-refractivity contribution >= 4 is 16.2 Å². The molecular weight excluding hydrogens is 325 g/mol. The van der Waals surface area contributed by atoms with Crippen LogP contribution in [0.15, 0.2) is 18.2 Å². The lowest BCUT2D eigenvalue weighted by Crippen LogP contribution is -2.39. The summed E-state index contributed by atoms with van der Waals surface area (Å²) in [4.78, 5) is 13.8. The first-order chi connectivity index (χ1) is 10.8. The summed E-state index contributed by atoms with van der Waals surface area (Å²) in [6, 6.07) is 3.98. The minimum Gasteiger partial charge on any atom is -0.465 e. The van der Waals surface area contributed by atoms with E-state index in [9.17, 15) is 17.6 Å². The molecule has 0 aliphatic carbocycles. The Bertz CT molecular complexity index is 681. The van der Waals surface area contributed by atoms with Gasteiger partial charge in [0.05, 0.1) is 12.7 Å². The maximum absolute atomic E-state index is 13.4. The van der Waals surface area contributed by atoms with Crippen LogP contribution in [0.4, 0.5) is 4.39 Å². The van der Waals surface area contributed by atoms with Crippen LogP contribution < -0.4 is 5.14 Å². The molecule has 1 aromatic rings. The molecule has 1 aromatic carbocycles. The highest BCUT2D eigenvalue weighted by Crippen LogP contribution is 2.16. The van der Waals surface area contributed by atoms with E-state index in [2.05, 4.69) is 4.74 Å². The Balaban J connectivity index is 2.12. The number of carbonyl (C=O) groups is 1. The minimum atomic E-state index is -3.69. The van der Waals surface area contributed by atoms with Gasteiger partial charge in [0.1, 0.15) is 5.82 Å². The van der Waals surface area contributed by atoms with Gasteiger partial charge in [0.2, 0.25) is 0 Å². The summed E-state index contributed by atoms with van der Waals surface area (Å²) in [5.74, 6) is -1.11. The van der Waals surface area contributed by atoms with Crippen LogP contribution in [0.25, 0.3) is 0 Å². The number of hydrogen-bond acceptors (Lipinski definition) is 5. The fourth-order valence-corrected chi connectivity index (χ4v) is 3.31. The van der Waals surface area contributed by atoms with E-state index in [0.717, 1.165) is 6.07 Å². The third-order valence-corrected chi connectivity index (χ3v) is 4.86. The molecule has 1 aliphatic rings. The summed E-state index contributed by atoms with van der Waals surface area (Å²) in [6.45, 7) is 2.19. The topological polar surface area (TPSA) is 92.9 Å². The normalized spacial score (nSPS) is 17.7. The van der Waals surface area contributed by atoms with Crippen molar-refractivity contribution in [3.05, 3.63) is 35.1 Å². The highest BCUT2D eigenvalue weighted by molar-refractivity contribution is 7.86. The highest BCUT2D eigenvalue weighted by Gasteiger charge is 2.23. The number of nitrogens with two attached hydrogens (primary N) is 1. The van der Waals surface area contributed by atoms with Gasteiger partial charge in [0.15, 0.2) is 0 Å². The summed E-state index contributed by atoms with van der Waals surface area (Å²) in [7, 11) is -2.45. The van der Waals surface area contributed by atoms with Gasteiger partial charge in [-0.1, -0.05) is 6.07 Å². The van der Waals surface area contributed by atoms with Crippen LogP contribution >= 0.6 is 0 Å². The van der Waals surface area contributed by atoms with Gasteiger partial charge < -0.3 is 4.74 Å². The van der Waals surface area contributed by atoms with Gasteiger partial charge in [-0.2, -0.15) is 12.7 Å². The second-order valence-electron chi connectivity index (χ2n) is 5.37. The molecule has 0 atom stereocenters. The molecule has 0 radical (unpaired) electrons. The molecule has 2 N–H and O–H groups in total. The predicted molar refractivity (Wildman–Crippen MR) is 82.3 cm³/mol. The number of halogens is 1. The van der Waals surface area contributed by atoms with Crippen LogP contribution in [0.2, 0.25) is 0 Å². The number of hydrogen-bond donors (Lipinski definition) is 1. The molecule has 1 fully saturated rings. The third-order valence-electron chi connectivity index (χ3n) is 3.78. The molecule has 0 saturated carbocycles. The highest BCUT2D eigenvalue weighted by atomic mass is 32.2. The molecule has 1 saturated heterocycles. The Morgan fingerprint density at radius 3 is 2.70 bits per heavy atom. The Kier molecular flexibility index (Phi) is 5.69. The van der Waals surface area contributed by atoms with Gasteiger partial charge in [-0.15, -0.1) is 0 Å². The Labute approximate surface area is 135 Å². The third kappa shape index (κ3) is 4.71. The van der Waals surface area contributed by atoms with Crippen LogP contribution in [0.5, 0.6) is 0 Å². The van der Waals surface area contributed by atoms with Crippen LogP contribution in [0, 0.1) is 5.82 Å². The number of rotatable bonds is 4. The number of ether oxygens (including phenoxy) is 1. The predicted octanol–water partition coefficient (Wildman–Crippen LogP) is 0.324. The average Bonchev–Trinajstić information content (AvgIpc) is 2.73. The van der Waals surface area contributed by atoms with Gasteiger partial charge in [0, 0.05) is 26.2 Å².